The van der Waals surface area contributed by atoms with Crippen LogP contribution in [0, 0.1) is 5.92 Å². The standard InChI is InChI=1S/C15H25N3O/c1-2-14(16)15(13-4-3-7-17-10-13)18-8-5-12(11-19)6-9-18/h3-4,7,10,12,14-15,19H,2,5-6,8-9,11,16H2,1H3. The Labute approximate surface area is 115 Å². The predicted octanol–water partition coefficient (Wildman–Crippen LogP) is 1.56. The molecule has 0 aromatic carbocycles. The van der Waals surface area contributed by atoms with Gasteiger partial charge in [-0.3, -0.25) is 9.88 Å². The van der Waals surface area contributed by atoms with Crippen molar-refractivity contribution in [2.45, 2.75) is 38.3 Å². The number of hydrogen-bond donors (Lipinski definition) is 2. The molecule has 1 aliphatic rings. The maximum Gasteiger partial charge on any atom is 0.0514 e. The maximum atomic E-state index is 9.24. The van der Waals surface area contributed by atoms with Crippen molar-refractivity contribution in [3.05, 3.63) is 30.1 Å². The number of piperidine rings is 1. The van der Waals surface area contributed by atoms with Crippen LogP contribution in [0.15, 0.2) is 24.5 Å². The third-order valence-corrected chi connectivity index (χ3v) is 4.20. The Balaban J connectivity index is 2.11. The lowest BCUT2D eigenvalue weighted by molar-refractivity contribution is 0.0883. The number of rotatable bonds is 5. The summed E-state index contributed by atoms with van der Waals surface area (Å²) in [5, 5.41) is 9.24. The zero-order valence-corrected chi connectivity index (χ0v) is 11.7. The maximum absolute atomic E-state index is 9.24. The van der Waals surface area contributed by atoms with Gasteiger partial charge in [-0.05, 0) is 49.9 Å². The summed E-state index contributed by atoms with van der Waals surface area (Å²) in [7, 11) is 0. The summed E-state index contributed by atoms with van der Waals surface area (Å²) >= 11 is 0. The van der Waals surface area contributed by atoms with Gasteiger partial charge >= 0.3 is 0 Å². The van der Waals surface area contributed by atoms with Crippen molar-refractivity contribution in [2.24, 2.45) is 11.7 Å². The fourth-order valence-electron chi connectivity index (χ4n) is 2.92. The number of aliphatic hydroxyl groups is 1. The molecule has 0 aliphatic carbocycles. The van der Waals surface area contributed by atoms with Gasteiger partial charge in [0.2, 0.25) is 0 Å². The number of likely N-dealkylation sites (tertiary alicyclic amines) is 1. The van der Waals surface area contributed by atoms with Crippen LogP contribution in [0.25, 0.3) is 0 Å². The number of aliphatic hydroxyl groups excluding tert-OH is 1. The zero-order valence-electron chi connectivity index (χ0n) is 11.7. The molecule has 0 bridgehead atoms. The summed E-state index contributed by atoms with van der Waals surface area (Å²) in [6.45, 7) is 4.47. The first-order chi connectivity index (χ1) is 9.26. The number of nitrogens with two attached hydrogens (primary N) is 1. The molecule has 2 rings (SSSR count). The summed E-state index contributed by atoms with van der Waals surface area (Å²) in [5.41, 5.74) is 7.54. The Hall–Kier alpha value is -0.970. The number of hydrogen-bond acceptors (Lipinski definition) is 4. The quantitative estimate of drug-likeness (QED) is 0.846. The van der Waals surface area contributed by atoms with Gasteiger partial charge in [0.25, 0.3) is 0 Å². The molecule has 2 unspecified atom stereocenters. The lowest BCUT2D eigenvalue weighted by Crippen LogP contribution is -2.45. The third-order valence-electron chi connectivity index (χ3n) is 4.20. The summed E-state index contributed by atoms with van der Waals surface area (Å²) in [6, 6.07) is 4.48. The molecule has 1 fully saturated rings. The minimum atomic E-state index is 0.134. The summed E-state index contributed by atoms with van der Waals surface area (Å²) < 4.78 is 0. The van der Waals surface area contributed by atoms with Gasteiger partial charge in [0.15, 0.2) is 0 Å². The summed E-state index contributed by atoms with van der Waals surface area (Å²) in [4.78, 5) is 6.68. The highest BCUT2D eigenvalue weighted by Crippen LogP contribution is 2.29. The van der Waals surface area contributed by atoms with E-state index in [1.54, 1.807) is 6.20 Å². The van der Waals surface area contributed by atoms with E-state index in [1.165, 1.54) is 5.56 Å². The minimum absolute atomic E-state index is 0.134. The van der Waals surface area contributed by atoms with Gasteiger partial charge in [-0.1, -0.05) is 13.0 Å². The molecule has 106 valence electrons. The van der Waals surface area contributed by atoms with Gasteiger partial charge in [0.1, 0.15) is 0 Å². The molecule has 0 saturated carbocycles. The average Bonchev–Trinajstić information content (AvgIpc) is 2.49. The second kappa shape index (κ2) is 6.98. The number of nitrogens with zero attached hydrogens (tertiary/aromatic N) is 2. The van der Waals surface area contributed by atoms with Crippen LogP contribution in [-0.2, 0) is 0 Å². The Morgan fingerprint density at radius 2 is 2.21 bits per heavy atom. The molecule has 1 aliphatic heterocycles. The van der Waals surface area contributed by atoms with Crippen LogP contribution in [0.2, 0.25) is 0 Å². The zero-order chi connectivity index (χ0) is 13.7. The van der Waals surface area contributed by atoms with Crippen LogP contribution in [0.3, 0.4) is 0 Å². The fourth-order valence-corrected chi connectivity index (χ4v) is 2.92. The monoisotopic (exact) mass is 263 g/mol. The second-order valence-corrected chi connectivity index (χ2v) is 5.47. The molecule has 1 aromatic rings. The van der Waals surface area contributed by atoms with Gasteiger partial charge in [-0.15, -0.1) is 0 Å². The highest BCUT2D eigenvalue weighted by Gasteiger charge is 2.29. The lowest BCUT2D eigenvalue weighted by Gasteiger charge is -2.39. The van der Waals surface area contributed by atoms with Crippen LogP contribution in [0.1, 0.15) is 37.8 Å². The van der Waals surface area contributed by atoms with E-state index in [9.17, 15) is 5.11 Å². The van der Waals surface area contributed by atoms with Crippen molar-refractivity contribution in [3.63, 3.8) is 0 Å². The number of aromatic nitrogens is 1. The van der Waals surface area contributed by atoms with Crippen LogP contribution in [0.4, 0.5) is 0 Å². The molecule has 19 heavy (non-hydrogen) atoms. The van der Waals surface area contributed by atoms with Gasteiger partial charge in [0, 0.05) is 25.0 Å². The largest absolute Gasteiger partial charge is 0.396 e. The normalized spacial score (nSPS) is 21.2. The molecule has 0 amide bonds. The van der Waals surface area contributed by atoms with Crippen LogP contribution >= 0.6 is 0 Å². The smallest absolute Gasteiger partial charge is 0.0514 e. The van der Waals surface area contributed by atoms with Crippen molar-refractivity contribution < 1.29 is 5.11 Å². The second-order valence-electron chi connectivity index (χ2n) is 5.47. The highest BCUT2D eigenvalue weighted by atomic mass is 16.3. The van der Waals surface area contributed by atoms with E-state index in [1.807, 2.05) is 12.3 Å². The first-order valence-corrected chi connectivity index (χ1v) is 7.26. The average molecular weight is 263 g/mol. The van der Waals surface area contributed by atoms with E-state index in [-0.39, 0.29) is 12.1 Å². The van der Waals surface area contributed by atoms with Crippen molar-refractivity contribution in [1.82, 2.24) is 9.88 Å². The fraction of sp³-hybridized carbons (Fsp3) is 0.667. The molecule has 4 heteroatoms. The van der Waals surface area contributed by atoms with E-state index in [0.717, 1.165) is 32.4 Å². The topological polar surface area (TPSA) is 62.4 Å². The van der Waals surface area contributed by atoms with Crippen molar-refractivity contribution in [3.8, 4) is 0 Å². The van der Waals surface area contributed by atoms with Gasteiger partial charge in [-0.25, -0.2) is 0 Å². The molecule has 4 nitrogen and oxygen atoms in total. The van der Waals surface area contributed by atoms with E-state index < -0.39 is 0 Å². The molecular weight excluding hydrogens is 238 g/mol. The van der Waals surface area contributed by atoms with Crippen LogP contribution in [0.5, 0.6) is 0 Å². The SMILES string of the molecule is CCC(N)C(c1cccnc1)N1CCC(CO)CC1. The minimum Gasteiger partial charge on any atom is -0.396 e. The molecule has 3 N–H and O–H groups in total. The Morgan fingerprint density at radius 3 is 2.74 bits per heavy atom. The van der Waals surface area contributed by atoms with Crippen molar-refractivity contribution in [2.75, 3.05) is 19.7 Å². The van der Waals surface area contributed by atoms with E-state index in [2.05, 4.69) is 22.9 Å². The van der Waals surface area contributed by atoms with E-state index in [4.69, 9.17) is 5.73 Å². The third kappa shape index (κ3) is 3.53. The highest BCUT2D eigenvalue weighted by molar-refractivity contribution is 5.16. The van der Waals surface area contributed by atoms with Crippen molar-refractivity contribution in [1.29, 1.82) is 0 Å². The van der Waals surface area contributed by atoms with Crippen molar-refractivity contribution >= 4 is 0 Å². The molecule has 1 saturated heterocycles. The first kappa shape index (κ1) is 14.4. The van der Waals surface area contributed by atoms with Gasteiger partial charge in [-0.2, -0.15) is 0 Å². The molecule has 0 spiro atoms. The molecule has 2 heterocycles. The summed E-state index contributed by atoms with van der Waals surface area (Å²) in [5.74, 6) is 0.462. The Kier molecular flexibility index (Phi) is 5.31. The predicted molar refractivity (Wildman–Crippen MR) is 76.6 cm³/mol. The molecule has 1 aromatic heterocycles. The summed E-state index contributed by atoms with van der Waals surface area (Å²) in [6.07, 6.45) is 6.81. The molecular formula is C15H25N3O. The molecule has 0 radical (unpaired) electrons. The van der Waals surface area contributed by atoms with Crippen LogP contribution in [-0.4, -0.2) is 40.7 Å². The number of pyridine rings is 1. The van der Waals surface area contributed by atoms with E-state index >= 15 is 0 Å². The van der Waals surface area contributed by atoms with Gasteiger partial charge < -0.3 is 10.8 Å². The first-order valence-electron chi connectivity index (χ1n) is 7.26. The Morgan fingerprint density at radius 1 is 1.47 bits per heavy atom. The van der Waals surface area contributed by atoms with Gasteiger partial charge in [0.05, 0.1) is 6.04 Å². The van der Waals surface area contributed by atoms with Crippen LogP contribution < -0.4 is 5.73 Å². The lowest BCUT2D eigenvalue weighted by atomic mass is 9.92. The Bertz CT molecular complexity index is 363. The van der Waals surface area contributed by atoms with E-state index in [0.29, 0.717) is 12.5 Å². The molecule has 2 atom stereocenters.